The zero-order valence-electron chi connectivity index (χ0n) is 19.9. The standard InChI is InChI=1S/6C2H4O2.3K.Li.2Na/c6*1-2(3)4;;;;;;/h6*1H3,(H,3,4);;;;;;/q;;;;;;6*+1/p-6. The third-order valence-electron chi connectivity index (χ3n) is 0. The molecule has 0 aliphatic rings. The van der Waals surface area contributed by atoms with Crippen molar-refractivity contribution in [3.63, 3.8) is 0 Å². The molecular weight excluding hydrogens is 506 g/mol. The van der Waals surface area contributed by atoms with Crippen molar-refractivity contribution in [3.8, 4) is 0 Å². The summed E-state index contributed by atoms with van der Waals surface area (Å²) in [5.74, 6) is -6.50. The van der Waals surface area contributed by atoms with Crippen LogP contribution in [0.25, 0.3) is 0 Å². The van der Waals surface area contributed by atoms with E-state index in [-0.39, 0.29) is 232 Å². The maximum Gasteiger partial charge on any atom is 1.00 e. The molecule has 0 spiro atoms. The summed E-state index contributed by atoms with van der Waals surface area (Å²) in [5.41, 5.74) is 0. The molecule has 0 aromatic heterocycles. The van der Waals surface area contributed by atoms with E-state index in [0.29, 0.717) is 0 Å². The Bertz CT molecular complexity index is 286. The zero-order valence-corrected chi connectivity index (χ0v) is 33.3. The topological polar surface area (TPSA) is 241 Å². The number of aliphatic carboxylic acids is 6. The fraction of sp³-hybridized carbons (Fsp3) is 0.500. The van der Waals surface area contributed by atoms with Gasteiger partial charge in [0.15, 0.2) is 0 Å². The Balaban J connectivity index is -0.0000000125. The van der Waals surface area contributed by atoms with Gasteiger partial charge in [-0.25, -0.2) is 0 Å². The number of carboxylic acids is 6. The van der Waals surface area contributed by atoms with Gasteiger partial charge in [-0.1, -0.05) is 0 Å². The molecular formula is C12H18K3LiNa2O12. The first-order valence-corrected chi connectivity index (χ1v) is 5.45. The molecule has 0 N–H and O–H groups in total. The maximum absolute atomic E-state index is 8.89. The average molecular weight is 524 g/mol. The van der Waals surface area contributed by atoms with Gasteiger partial charge >= 0.3 is 232 Å². The first-order valence-electron chi connectivity index (χ1n) is 5.45. The van der Waals surface area contributed by atoms with Gasteiger partial charge in [-0.05, 0) is 41.5 Å². The Hall–Kier alpha value is 4.33. The van der Waals surface area contributed by atoms with E-state index in [1.54, 1.807) is 0 Å². The third kappa shape index (κ3) is 1690. The van der Waals surface area contributed by atoms with E-state index < -0.39 is 35.8 Å². The van der Waals surface area contributed by atoms with E-state index in [0.717, 1.165) is 41.5 Å². The number of carbonyl (C=O) groups is 6. The SMILES string of the molecule is CC(=O)[O-].CC(=O)[O-].CC(=O)[O-].CC(=O)[O-].CC(=O)[O-].CC(=O)[O-].[K+].[K+].[K+].[Li+].[Na+].[Na+]. The fourth-order valence-corrected chi connectivity index (χ4v) is 0. The molecule has 0 unspecified atom stereocenters. The van der Waals surface area contributed by atoms with Crippen molar-refractivity contribution in [1.29, 1.82) is 0 Å². The van der Waals surface area contributed by atoms with Crippen LogP contribution in [0.2, 0.25) is 0 Å². The summed E-state index contributed by atoms with van der Waals surface area (Å²) in [6.07, 6.45) is 0. The van der Waals surface area contributed by atoms with E-state index in [4.69, 9.17) is 59.4 Å². The molecule has 0 saturated carbocycles. The van der Waals surface area contributed by atoms with Crippen molar-refractivity contribution in [1.82, 2.24) is 0 Å². The summed E-state index contributed by atoms with van der Waals surface area (Å²) in [7, 11) is 0. The van der Waals surface area contributed by atoms with Gasteiger partial charge in [0.2, 0.25) is 0 Å². The van der Waals surface area contributed by atoms with Crippen molar-refractivity contribution in [2.45, 2.75) is 41.5 Å². The van der Waals surface area contributed by atoms with Crippen molar-refractivity contribution < 1.29 is 292 Å². The largest absolute Gasteiger partial charge is 1.00 e. The van der Waals surface area contributed by atoms with E-state index in [9.17, 15) is 0 Å². The van der Waals surface area contributed by atoms with Gasteiger partial charge in [-0.3, -0.25) is 0 Å². The minimum atomic E-state index is -1.08. The molecule has 144 valence electrons. The molecule has 0 atom stereocenters. The van der Waals surface area contributed by atoms with Crippen molar-refractivity contribution in [2.24, 2.45) is 0 Å². The number of rotatable bonds is 0. The maximum atomic E-state index is 8.89. The summed E-state index contributed by atoms with van der Waals surface area (Å²) in [5, 5.41) is 53.3. The molecule has 0 bridgehead atoms. The summed E-state index contributed by atoms with van der Waals surface area (Å²) in [4.78, 5) is 53.3. The second-order valence-electron chi connectivity index (χ2n) is 2.95. The fourth-order valence-electron chi connectivity index (χ4n) is 0. The molecule has 0 radical (unpaired) electrons. The molecule has 12 nitrogen and oxygen atoms in total. The smallest absolute Gasteiger partial charge is 0.550 e. The summed E-state index contributed by atoms with van der Waals surface area (Å²) in [6.45, 7) is 5.83. The van der Waals surface area contributed by atoms with Crippen LogP contribution in [0.1, 0.15) is 41.5 Å². The molecule has 0 fully saturated rings. The normalized spacial score (nSPS) is 5.00. The molecule has 30 heavy (non-hydrogen) atoms. The van der Waals surface area contributed by atoms with Crippen LogP contribution in [0.5, 0.6) is 0 Å². The van der Waals surface area contributed by atoms with E-state index in [1.807, 2.05) is 0 Å². The molecule has 0 amide bonds. The van der Waals surface area contributed by atoms with Crippen LogP contribution in [0, 0.1) is 0 Å². The number of hydrogen-bond acceptors (Lipinski definition) is 12. The molecule has 0 saturated heterocycles. The average Bonchev–Trinajstić information content (AvgIpc) is 2.08. The Morgan fingerprint density at radius 2 is 0.367 bits per heavy atom. The number of carboxylic acid groups (broad SMARTS) is 6. The van der Waals surface area contributed by atoms with E-state index in [2.05, 4.69) is 0 Å². The van der Waals surface area contributed by atoms with Gasteiger partial charge in [-0.2, -0.15) is 0 Å². The minimum Gasteiger partial charge on any atom is -0.550 e. The predicted octanol–water partition coefficient (Wildman–Crippen LogP) is -25.4. The molecule has 0 aliphatic heterocycles. The van der Waals surface area contributed by atoms with Gasteiger partial charge in [0.1, 0.15) is 0 Å². The van der Waals surface area contributed by atoms with Crippen LogP contribution >= 0.6 is 0 Å². The summed E-state index contributed by atoms with van der Waals surface area (Å²) >= 11 is 0. The van der Waals surface area contributed by atoms with Crippen LogP contribution in [-0.2, 0) is 28.8 Å². The quantitative estimate of drug-likeness (QED) is 0.268. The van der Waals surface area contributed by atoms with Crippen LogP contribution < -0.4 is 263 Å². The van der Waals surface area contributed by atoms with Gasteiger partial charge in [0, 0.05) is 35.8 Å². The molecule has 0 aliphatic carbocycles. The van der Waals surface area contributed by atoms with Crippen LogP contribution in [0.4, 0.5) is 0 Å². The van der Waals surface area contributed by atoms with Crippen molar-refractivity contribution in [3.05, 3.63) is 0 Å². The number of hydrogen-bond donors (Lipinski definition) is 0. The van der Waals surface area contributed by atoms with Crippen LogP contribution in [0.3, 0.4) is 0 Å². The molecule has 0 heterocycles. The van der Waals surface area contributed by atoms with E-state index in [1.165, 1.54) is 0 Å². The Kier molecular flexibility index (Phi) is 178. The number of carbonyl (C=O) groups excluding carboxylic acids is 6. The minimum absolute atomic E-state index is 0. The van der Waals surface area contributed by atoms with Crippen molar-refractivity contribution >= 4 is 35.8 Å². The Morgan fingerprint density at radius 1 is 0.367 bits per heavy atom. The van der Waals surface area contributed by atoms with Gasteiger partial charge in [0.05, 0.1) is 0 Å². The second kappa shape index (κ2) is 69.9. The summed E-state index contributed by atoms with van der Waals surface area (Å²) in [6, 6.07) is 0. The molecule has 18 heteroatoms. The summed E-state index contributed by atoms with van der Waals surface area (Å²) < 4.78 is 0. The first-order chi connectivity index (χ1) is 10.4. The Morgan fingerprint density at radius 3 is 0.367 bits per heavy atom. The van der Waals surface area contributed by atoms with Crippen LogP contribution in [-0.4, -0.2) is 35.8 Å². The third-order valence-corrected chi connectivity index (χ3v) is 0. The van der Waals surface area contributed by atoms with Gasteiger partial charge in [0.25, 0.3) is 0 Å². The molecule has 0 aromatic carbocycles. The second-order valence-corrected chi connectivity index (χ2v) is 2.95. The zero-order chi connectivity index (χ0) is 21.5. The van der Waals surface area contributed by atoms with Crippen molar-refractivity contribution in [2.75, 3.05) is 0 Å². The monoisotopic (exact) mass is 524 g/mol. The van der Waals surface area contributed by atoms with E-state index >= 15 is 0 Å². The van der Waals surface area contributed by atoms with Crippen LogP contribution in [0.15, 0.2) is 0 Å². The Labute approximate surface area is 359 Å². The molecule has 0 aromatic rings. The molecule has 0 rings (SSSR count). The first kappa shape index (κ1) is 76.5. The van der Waals surface area contributed by atoms with Gasteiger partial charge < -0.3 is 59.4 Å². The predicted molar refractivity (Wildman–Crippen MR) is 64.1 cm³/mol. The van der Waals surface area contributed by atoms with Gasteiger partial charge in [-0.15, -0.1) is 0 Å².